The first-order valence-corrected chi connectivity index (χ1v) is 22.8. The maximum atomic E-state index is 2.39. The zero-order valence-electron chi connectivity index (χ0n) is 36.7. The molecular formula is C64H46N2. The summed E-state index contributed by atoms with van der Waals surface area (Å²) in [4.78, 5) is 2.39. The molecule has 0 aliphatic heterocycles. The average Bonchev–Trinajstić information content (AvgIpc) is 3.85. The molecule has 1 aliphatic carbocycles. The normalized spacial score (nSPS) is 12.7. The zero-order valence-corrected chi connectivity index (χ0v) is 36.7. The molecule has 0 N–H and O–H groups in total. The molecule has 0 atom stereocenters. The number of rotatable bonds is 9. The molecule has 10 aromatic carbocycles. The fraction of sp³-hybridized carbons (Fsp3) is 0.0312. The van der Waals surface area contributed by atoms with Crippen LogP contribution in [0.5, 0.6) is 0 Å². The third-order valence-corrected chi connectivity index (χ3v) is 13.7. The molecule has 0 saturated carbocycles. The van der Waals surface area contributed by atoms with Gasteiger partial charge in [0.1, 0.15) is 0 Å². The summed E-state index contributed by atoms with van der Waals surface area (Å²) in [6.07, 6.45) is 4.60. The predicted octanol–water partition coefficient (Wildman–Crippen LogP) is 16.7. The van der Waals surface area contributed by atoms with Gasteiger partial charge < -0.3 is 9.47 Å². The van der Waals surface area contributed by atoms with Gasteiger partial charge in [-0.2, -0.15) is 0 Å². The van der Waals surface area contributed by atoms with Crippen molar-refractivity contribution in [1.82, 2.24) is 4.57 Å². The van der Waals surface area contributed by atoms with E-state index >= 15 is 0 Å². The van der Waals surface area contributed by atoms with Gasteiger partial charge in [-0.1, -0.05) is 218 Å². The fourth-order valence-corrected chi connectivity index (χ4v) is 10.7. The number of fused-ring (bicyclic) bond motifs is 6. The van der Waals surface area contributed by atoms with Crippen LogP contribution in [0.25, 0.3) is 67.3 Å². The molecule has 66 heavy (non-hydrogen) atoms. The molecule has 0 fully saturated rings. The molecule has 1 aliphatic rings. The van der Waals surface area contributed by atoms with Crippen LogP contribution in [-0.2, 0) is 12.5 Å². The molecule has 2 nitrogen and oxygen atoms in total. The van der Waals surface area contributed by atoms with Crippen LogP contribution in [0.15, 0.2) is 249 Å². The van der Waals surface area contributed by atoms with Crippen LogP contribution >= 0.6 is 0 Å². The predicted molar refractivity (Wildman–Crippen MR) is 279 cm³/mol. The molecule has 2 heteroatoms. The van der Waals surface area contributed by atoms with Crippen molar-refractivity contribution in [2.45, 2.75) is 5.41 Å². The number of nitrogens with zero attached hydrogens (tertiary/aromatic N) is 2. The van der Waals surface area contributed by atoms with E-state index in [9.17, 15) is 0 Å². The summed E-state index contributed by atoms with van der Waals surface area (Å²) in [5.74, 6) is 0. The van der Waals surface area contributed by atoms with Gasteiger partial charge in [-0.3, -0.25) is 0 Å². The highest BCUT2D eigenvalue weighted by Gasteiger charge is 2.46. The lowest BCUT2D eigenvalue weighted by Gasteiger charge is -2.33. The van der Waals surface area contributed by atoms with Crippen LogP contribution in [0.3, 0.4) is 0 Å². The van der Waals surface area contributed by atoms with Gasteiger partial charge >= 0.3 is 0 Å². The van der Waals surface area contributed by atoms with Crippen LogP contribution in [0, 0.1) is 0 Å². The minimum Gasteiger partial charge on any atom is -0.344 e. The monoisotopic (exact) mass is 842 g/mol. The second-order valence-electron chi connectivity index (χ2n) is 17.3. The number of hydrogen-bond acceptors (Lipinski definition) is 1. The Balaban J connectivity index is 0.954. The number of aromatic nitrogens is 1. The zero-order chi connectivity index (χ0) is 44.0. The van der Waals surface area contributed by atoms with E-state index in [1.54, 1.807) is 0 Å². The SMILES string of the molecule is Cn1c2cc(/C=C/c3cccc4c3-c3ccccc3C4(c3ccccc3)c3ccccc3)ccc2c2ccc(N(c3cccc(-c4ccccc4)c3)c3cccc(-c4ccccc4)c3)cc21. The van der Waals surface area contributed by atoms with Gasteiger partial charge in [-0.25, -0.2) is 0 Å². The van der Waals surface area contributed by atoms with Gasteiger partial charge in [0, 0.05) is 40.4 Å². The highest BCUT2D eigenvalue weighted by atomic mass is 15.1. The Morgan fingerprint density at radius 1 is 0.379 bits per heavy atom. The van der Waals surface area contributed by atoms with E-state index < -0.39 is 5.41 Å². The molecule has 11 aromatic rings. The summed E-state index contributed by atoms with van der Waals surface area (Å²) in [7, 11) is 2.20. The summed E-state index contributed by atoms with van der Waals surface area (Å²) in [5, 5.41) is 2.48. The minimum absolute atomic E-state index is 0.426. The van der Waals surface area contributed by atoms with Gasteiger partial charge in [0.05, 0.1) is 10.9 Å². The van der Waals surface area contributed by atoms with Crippen molar-refractivity contribution < 1.29 is 0 Å². The first-order chi connectivity index (χ1) is 32.6. The lowest BCUT2D eigenvalue weighted by atomic mass is 9.67. The van der Waals surface area contributed by atoms with Gasteiger partial charge in [-0.15, -0.1) is 0 Å². The van der Waals surface area contributed by atoms with Crippen molar-refractivity contribution in [2.24, 2.45) is 7.05 Å². The van der Waals surface area contributed by atoms with E-state index in [0.717, 1.165) is 22.6 Å². The largest absolute Gasteiger partial charge is 0.344 e. The molecule has 12 rings (SSSR count). The second kappa shape index (κ2) is 16.3. The fourth-order valence-electron chi connectivity index (χ4n) is 10.7. The lowest BCUT2D eigenvalue weighted by Crippen LogP contribution is -2.28. The van der Waals surface area contributed by atoms with E-state index in [2.05, 4.69) is 277 Å². The Bertz CT molecular complexity index is 3460. The Hall–Kier alpha value is -8.46. The van der Waals surface area contributed by atoms with Crippen molar-refractivity contribution in [3.05, 3.63) is 282 Å². The molecule has 0 amide bonds. The summed E-state index contributed by atoms with van der Waals surface area (Å²) in [5.41, 5.74) is 20.2. The third-order valence-electron chi connectivity index (χ3n) is 13.7. The summed E-state index contributed by atoms with van der Waals surface area (Å²) >= 11 is 0. The molecule has 1 heterocycles. The van der Waals surface area contributed by atoms with Crippen LogP contribution in [0.1, 0.15) is 33.4 Å². The van der Waals surface area contributed by atoms with Crippen molar-refractivity contribution in [3.63, 3.8) is 0 Å². The van der Waals surface area contributed by atoms with Crippen molar-refractivity contribution in [2.75, 3.05) is 4.90 Å². The maximum Gasteiger partial charge on any atom is 0.0713 e. The Morgan fingerprint density at radius 2 is 0.864 bits per heavy atom. The summed E-state index contributed by atoms with van der Waals surface area (Å²) in [6.45, 7) is 0. The number of hydrogen-bond donors (Lipinski definition) is 0. The standard InChI is InChI=1S/C64H46N2/c1-65-61-41-45(35-37-48-23-18-34-60-63(48)58-32-14-15-33-59(58)64(60,51-26-10-4-11-27-51)52-28-12-5-13-29-52)36-39-56(61)57-40-38-55(44-62(57)65)66(53-30-16-24-49(42-53)46-19-6-2-7-20-46)54-31-17-25-50(43-54)47-21-8-3-9-22-47/h2-44H,1H3/b37-35+. The third kappa shape index (κ3) is 6.49. The smallest absolute Gasteiger partial charge is 0.0713 e. The van der Waals surface area contributed by atoms with E-state index in [1.165, 1.54) is 83.0 Å². The molecule has 0 bridgehead atoms. The van der Waals surface area contributed by atoms with Crippen LogP contribution in [0.2, 0.25) is 0 Å². The quantitative estimate of drug-likeness (QED) is 0.131. The number of benzene rings is 10. The van der Waals surface area contributed by atoms with Gasteiger partial charge in [-0.05, 0) is 109 Å². The van der Waals surface area contributed by atoms with Gasteiger partial charge in [0.15, 0.2) is 0 Å². The van der Waals surface area contributed by atoms with Crippen LogP contribution in [0.4, 0.5) is 17.1 Å². The highest BCUT2D eigenvalue weighted by molar-refractivity contribution is 6.10. The number of aryl methyl sites for hydroxylation is 1. The van der Waals surface area contributed by atoms with E-state index in [-0.39, 0.29) is 0 Å². The first-order valence-electron chi connectivity index (χ1n) is 22.8. The van der Waals surface area contributed by atoms with E-state index in [0.29, 0.717) is 0 Å². The average molecular weight is 843 g/mol. The lowest BCUT2D eigenvalue weighted by molar-refractivity contribution is 0.768. The molecule has 0 spiro atoms. The van der Waals surface area contributed by atoms with Crippen LogP contribution in [-0.4, -0.2) is 4.57 Å². The second-order valence-corrected chi connectivity index (χ2v) is 17.3. The summed E-state index contributed by atoms with van der Waals surface area (Å²) in [6, 6.07) is 90.7. The minimum atomic E-state index is -0.426. The molecular weight excluding hydrogens is 797 g/mol. The number of anilines is 3. The van der Waals surface area contributed by atoms with Gasteiger partial charge in [0.2, 0.25) is 0 Å². The Kier molecular flexibility index (Phi) is 9.65. The summed E-state index contributed by atoms with van der Waals surface area (Å²) < 4.78 is 2.36. The molecule has 1 aromatic heterocycles. The maximum absolute atomic E-state index is 2.39. The van der Waals surface area contributed by atoms with E-state index in [1.807, 2.05) is 0 Å². The van der Waals surface area contributed by atoms with E-state index in [4.69, 9.17) is 0 Å². The van der Waals surface area contributed by atoms with Crippen molar-refractivity contribution in [1.29, 1.82) is 0 Å². The Labute approximate surface area is 386 Å². The van der Waals surface area contributed by atoms with Crippen LogP contribution < -0.4 is 4.90 Å². The Morgan fingerprint density at radius 3 is 1.48 bits per heavy atom. The first kappa shape index (κ1) is 39.2. The van der Waals surface area contributed by atoms with Crippen molar-refractivity contribution >= 4 is 51.0 Å². The molecule has 0 unspecified atom stereocenters. The topological polar surface area (TPSA) is 8.17 Å². The highest BCUT2D eigenvalue weighted by Crippen LogP contribution is 2.57. The molecule has 0 saturated heterocycles. The van der Waals surface area contributed by atoms with Crippen molar-refractivity contribution in [3.8, 4) is 33.4 Å². The van der Waals surface area contributed by atoms with Gasteiger partial charge in [0.25, 0.3) is 0 Å². The molecule has 312 valence electrons. The molecule has 0 radical (unpaired) electrons.